The summed E-state index contributed by atoms with van der Waals surface area (Å²) in [5.74, 6) is -0.0300. The van der Waals surface area contributed by atoms with E-state index >= 15 is 0 Å². The second-order valence-corrected chi connectivity index (χ2v) is 7.01. The Hall–Kier alpha value is -1.06. The van der Waals surface area contributed by atoms with Gasteiger partial charge in [-0.3, -0.25) is 9.69 Å². The Labute approximate surface area is 138 Å². The van der Waals surface area contributed by atoms with E-state index in [9.17, 15) is 4.79 Å². The van der Waals surface area contributed by atoms with Crippen molar-refractivity contribution in [1.29, 1.82) is 0 Å². The quantitative estimate of drug-likeness (QED) is 0.913. The molecule has 2 aliphatic rings. The summed E-state index contributed by atoms with van der Waals surface area (Å²) in [5, 5.41) is 3.75. The number of fused-ring (bicyclic) bond motifs is 2. The van der Waals surface area contributed by atoms with Crippen molar-refractivity contribution >= 4 is 17.5 Å². The van der Waals surface area contributed by atoms with E-state index in [1.54, 1.807) is 12.1 Å². The lowest BCUT2D eigenvalue weighted by Crippen LogP contribution is -2.57. The molecule has 2 heterocycles. The fourth-order valence-electron chi connectivity index (χ4n) is 4.13. The second kappa shape index (κ2) is 7.01. The molecule has 22 heavy (non-hydrogen) atoms. The molecule has 1 amide bonds. The maximum Gasteiger partial charge on any atom is 0.253 e. The van der Waals surface area contributed by atoms with Gasteiger partial charge in [-0.1, -0.05) is 37.1 Å². The SMILES string of the molecule is CCCN1C2CCCC1CC(NC(=O)c1ccccc1Cl)C2. The standard InChI is InChI=1S/C18H25ClN2O/c1-2-10-21-14-6-5-7-15(21)12-13(11-14)20-18(22)16-8-3-4-9-17(16)19/h3-4,8-9,13-15H,2,5-7,10-12H2,1H3,(H,20,22). The number of nitrogens with zero attached hydrogens (tertiary/aromatic N) is 1. The number of amides is 1. The Morgan fingerprint density at radius 3 is 2.59 bits per heavy atom. The highest BCUT2D eigenvalue weighted by molar-refractivity contribution is 6.33. The summed E-state index contributed by atoms with van der Waals surface area (Å²) in [7, 11) is 0. The summed E-state index contributed by atoms with van der Waals surface area (Å²) < 4.78 is 0. The monoisotopic (exact) mass is 320 g/mol. The Morgan fingerprint density at radius 1 is 1.27 bits per heavy atom. The van der Waals surface area contributed by atoms with Crippen molar-refractivity contribution in [3.63, 3.8) is 0 Å². The Morgan fingerprint density at radius 2 is 1.95 bits per heavy atom. The van der Waals surface area contributed by atoms with Crippen molar-refractivity contribution in [2.75, 3.05) is 6.54 Å². The van der Waals surface area contributed by atoms with Crippen LogP contribution in [0.3, 0.4) is 0 Å². The van der Waals surface area contributed by atoms with Crippen molar-refractivity contribution in [3.05, 3.63) is 34.9 Å². The summed E-state index contributed by atoms with van der Waals surface area (Å²) in [6.45, 7) is 3.45. The van der Waals surface area contributed by atoms with Crippen LogP contribution in [-0.4, -0.2) is 35.5 Å². The number of rotatable bonds is 4. The van der Waals surface area contributed by atoms with Gasteiger partial charge in [-0.25, -0.2) is 0 Å². The molecular weight excluding hydrogens is 296 g/mol. The van der Waals surface area contributed by atoms with Gasteiger partial charge in [-0.15, -0.1) is 0 Å². The molecule has 2 saturated heterocycles. The number of nitrogens with one attached hydrogen (secondary N) is 1. The zero-order chi connectivity index (χ0) is 15.5. The molecule has 1 aromatic rings. The lowest BCUT2D eigenvalue weighted by atomic mass is 9.81. The molecule has 2 bridgehead atoms. The van der Waals surface area contributed by atoms with Gasteiger partial charge in [0.25, 0.3) is 5.91 Å². The van der Waals surface area contributed by atoms with Crippen molar-refractivity contribution < 1.29 is 4.79 Å². The Balaban J connectivity index is 1.65. The van der Waals surface area contributed by atoms with Crippen LogP contribution in [0.4, 0.5) is 0 Å². The first kappa shape index (κ1) is 15.8. The number of hydrogen-bond donors (Lipinski definition) is 1. The molecule has 2 atom stereocenters. The largest absolute Gasteiger partial charge is 0.349 e. The lowest BCUT2D eigenvalue weighted by molar-refractivity contribution is 0.0245. The number of benzene rings is 1. The first-order valence-electron chi connectivity index (χ1n) is 8.50. The number of halogens is 1. The van der Waals surface area contributed by atoms with E-state index in [2.05, 4.69) is 17.1 Å². The molecule has 3 nitrogen and oxygen atoms in total. The predicted molar refractivity (Wildman–Crippen MR) is 90.4 cm³/mol. The van der Waals surface area contributed by atoms with Gasteiger partial charge < -0.3 is 5.32 Å². The van der Waals surface area contributed by atoms with Gasteiger partial charge in [0.2, 0.25) is 0 Å². The maximum absolute atomic E-state index is 12.5. The minimum atomic E-state index is -0.0300. The maximum atomic E-state index is 12.5. The average Bonchev–Trinajstić information content (AvgIpc) is 2.48. The molecule has 2 fully saturated rings. The van der Waals surface area contributed by atoms with Gasteiger partial charge in [-0.05, 0) is 50.8 Å². The topological polar surface area (TPSA) is 32.3 Å². The minimum Gasteiger partial charge on any atom is -0.349 e. The van der Waals surface area contributed by atoms with Gasteiger partial charge in [0, 0.05) is 18.1 Å². The highest BCUT2D eigenvalue weighted by Crippen LogP contribution is 2.34. The van der Waals surface area contributed by atoms with E-state index in [1.165, 1.54) is 32.2 Å². The van der Waals surface area contributed by atoms with Gasteiger partial charge in [0.1, 0.15) is 0 Å². The zero-order valence-corrected chi connectivity index (χ0v) is 14.0. The van der Waals surface area contributed by atoms with Crippen LogP contribution >= 0.6 is 11.6 Å². The highest BCUT2D eigenvalue weighted by atomic mass is 35.5. The third kappa shape index (κ3) is 3.31. The van der Waals surface area contributed by atoms with Crippen LogP contribution in [-0.2, 0) is 0 Å². The summed E-state index contributed by atoms with van der Waals surface area (Å²) in [6.07, 6.45) is 7.24. The fraction of sp³-hybridized carbons (Fsp3) is 0.611. The van der Waals surface area contributed by atoms with Crippen LogP contribution in [0.25, 0.3) is 0 Å². The summed E-state index contributed by atoms with van der Waals surface area (Å²) in [6, 6.07) is 8.85. The highest BCUT2D eigenvalue weighted by Gasteiger charge is 2.38. The van der Waals surface area contributed by atoms with Crippen LogP contribution in [0.1, 0.15) is 55.8 Å². The normalized spacial score (nSPS) is 28.4. The average molecular weight is 321 g/mol. The van der Waals surface area contributed by atoms with Crippen LogP contribution in [0, 0.1) is 0 Å². The molecule has 0 aromatic heterocycles. The van der Waals surface area contributed by atoms with Gasteiger partial charge >= 0.3 is 0 Å². The lowest BCUT2D eigenvalue weighted by Gasteiger charge is -2.49. The molecule has 3 rings (SSSR count). The summed E-state index contributed by atoms with van der Waals surface area (Å²) in [4.78, 5) is 15.1. The van der Waals surface area contributed by atoms with Crippen molar-refractivity contribution in [1.82, 2.24) is 10.2 Å². The first-order chi connectivity index (χ1) is 10.7. The molecule has 120 valence electrons. The fourth-order valence-corrected chi connectivity index (χ4v) is 4.35. The molecule has 0 saturated carbocycles. The summed E-state index contributed by atoms with van der Waals surface area (Å²) >= 11 is 6.13. The van der Waals surface area contributed by atoms with Gasteiger partial charge in [0.15, 0.2) is 0 Å². The van der Waals surface area contributed by atoms with E-state index in [0.29, 0.717) is 22.7 Å². The van der Waals surface area contributed by atoms with Crippen LogP contribution in [0.15, 0.2) is 24.3 Å². The second-order valence-electron chi connectivity index (χ2n) is 6.60. The zero-order valence-electron chi connectivity index (χ0n) is 13.2. The van der Waals surface area contributed by atoms with Crippen molar-refractivity contribution in [2.45, 2.75) is 63.6 Å². The summed E-state index contributed by atoms with van der Waals surface area (Å²) in [5.41, 5.74) is 0.588. The van der Waals surface area contributed by atoms with Gasteiger partial charge in [0.05, 0.1) is 10.6 Å². The molecule has 2 unspecified atom stereocenters. The number of carbonyl (C=O) groups is 1. The van der Waals surface area contributed by atoms with Crippen molar-refractivity contribution in [3.8, 4) is 0 Å². The molecule has 4 heteroatoms. The third-order valence-corrected chi connectivity index (χ3v) is 5.39. The third-order valence-electron chi connectivity index (χ3n) is 5.06. The van der Waals surface area contributed by atoms with Crippen LogP contribution in [0.2, 0.25) is 5.02 Å². The predicted octanol–water partition coefficient (Wildman–Crippen LogP) is 3.87. The molecule has 2 aliphatic heterocycles. The van der Waals surface area contributed by atoms with Crippen molar-refractivity contribution in [2.24, 2.45) is 0 Å². The molecule has 0 spiro atoms. The number of hydrogen-bond acceptors (Lipinski definition) is 2. The van der Waals surface area contributed by atoms with E-state index < -0.39 is 0 Å². The van der Waals surface area contributed by atoms with E-state index in [0.717, 1.165) is 12.8 Å². The van der Waals surface area contributed by atoms with Gasteiger partial charge in [-0.2, -0.15) is 0 Å². The number of carbonyl (C=O) groups excluding carboxylic acids is 1. The van der Waals surface area contributed by atoms with E-state index in [-0.39, 0.29) is 11.9 Å². The molecular formula is C18H25ClN2O. The Bertz CT molecular complexity index is 520. The first-order valence-corrected chi connectivity index (χ1v) is 8.88. The molecule has 0 radical (unpaired) electrons. The Kier molecular flexibility index (Phi) is 5.04. The van der Waals surface area contributed by atoms with Crippen LogP contribution in [0.5, 0.6) is 0 Å². The molecule has 1 N–H and O–H groups in total. The molecule has 0 aliphatic carbocycles. The number of piperidine rings is 2. The van der Waals surface area contributed by atoms with E-state index in [4.69, 9.17) is 11.6 Å². The minimum absolute atomic E-state index is 0.0300. The molecule has 1 aromatic carbocycles. The van der Waals surface area contributed by atoms with E-state index in [1.807, 2.05) is 12.1 Å². The smallest absolute Gasteiger partial charge is 0.253 e. The van der Waals surface area contributed by atoms with Crippen LogP contribution < -0.4 is 5.32 Å².